The molecule has 30 heavy (non-hydrogen) atoms. The zero-order valence-electron chi connectivity index (χ0n) is 14.8. The molecule has 0 saturated carbocycles. The largest absolute Gasteiger partial charge is 0.481 e. The summed E-state index contributed by atoms with van der Waals surface area (Å²) in [7, 11) is 0. The lowest BCUT2D eigenvalue weighted by Gasteiger charge is -2.26. The van der Waals surface area contributed by atoms with E-state index < -0.39 is 30.4 Å². The number of imide groups is 2. The Morgan fingerprint density at radius 1 is 1.13 bits per heavy atom. The standard InChI is InChI=1S/C19H11BrCl2N2O6/c20-12-6-9(1-4-15(12)30-8-16(25)26)5-11-17(27)23-19(29)24(18(11)28)10-2-3-13(21)14(22)7-10/h1-7H,8H2,(H,25,26)(H,23,27,29)/b11-5+. The number of nitrogens with zero attached hydrogens (tertiary/aromatic N) is 1. The number of rotatable bonds is 5. The molecule has 0 unspecified atom stereocenters. The molecule has 11 heteroatoms. The topological polar surface area (TPSA) is 113 Å². The molecule has 1 aliphatic heterocycles. The van der Waals surface area contributed by atoms with Crippen molar-refractivity contribution in [2.75, 3.05) is 11.5 Å². The van der Waals surface area contributed by atoms with Crippen LogP contribution in [0.3, 0.4) is 0 Å². The number of benzene rings is 2. The third kappa shape index (κ3) is 4.64. The number of carbonyl (C=O) groups excluding carboxylic acids is 3. The summed E-state index contributed by atoms with van der Waals surface area (Å²) in [6.45, 7) is -0.527. The van der Waals surface area contributed by atoms with Gasteiger partial charge in [-0.2, -0.15) is 0 Å². The van der Waals surface area contributed by atoms with Crippen LogP contribution in [0, 0.1) is 0 Å². The third-order valence-electron chi connectivity index (χ3n) is 3.88. The molecule has 2 aromatic carbocycles. The highest BCUT2D eigenvalue weighted by Gasteiger charge is 2.37. The van der Waals surface area contributed by atoms with Gasteiger partial charge in [0.2, 0.25) is 0 Å². The molecule has 0 atom stereocenters. The van der Waals surface area contributed by atoms with Crippen LogP contribution in [0.1, 0.15) is 5.56 Å². The second kappa shape index (κ2) is 8.86. The van der Waals surface area contributed by atoms with Crippen molar-refractivity contribution < 1.29 is 29.0 Å². The molecule has 2 aromatic rings. The van der Waals surface area contributed by atoms with Crippen LogP contribution in [0.4, 0.5) is 10.5 Å². The number of ether oxygens (including phenoxy) is 1. The van der Waals surface area contributed by atoms with Gasteiger partial charge in [-0.05, 0) is 57.9 Å². The molecular weight excluding hydrogens is 503 g/mol. The van der Waals surface area contributed by atoms with Crippen molar-refractivity contribution in [1.29, 1.82) is 0 Å². The van der Waals surface area contributed by atoms with E-state index >= 15 is 0 Å². The number of carbonyl (C=O) groups is 4. The number of amides is 4. The Labute approximate surface area is 188 Å². The fourth-order valence-corrected chi connectivity index (χ4v) is 3.35. The van der Waals surface area contributed by atoms with E-state index in [2.05, 4.69) is 21.2 Å². The fourth-order valence-electron chi connectivity index (χ4n) is 2.55. The van der Waals surface area contributed by atoms with Crippen molar-refractivity contribution in [3.63, 3.8) is 0 Å². The van der Waals surface area contributed by atoms with Gasteiger partial charge in [-0.15, -0.1) is 0 Å². The Kier molecular flexibility index (Phi) is 6.45. The average Bonchev–Trinajstić information content (AvgIpc) is 2.67. The van der Waals surface area contributed by atoms with E-state index in [1.807, 2.05) is 0 Å². The van der Waals surface area contributed by atoms with Gasteiger partial charge in [-0.25, -0.2) is 14.5 Å². The van der Waals surface area contributed by atoms with Crippen LogP contribution in [-0.4, -0.2) is 35.5 Å². The van der Waals surface area contributed by atoms with Crippen LogP contribution in [-0.2, 0) is 14.4 Å². The molecule has 3 rings (SSSR count). The van der Waals surface area contributed by atoms with Gasteiger partial charge in [-0.3, -0.25) is 14.9 Å². The zero-order chi connectivity index (χ0) is 22.0. The molecule has 1 aliphatic rings. The lowest BCUT2D eigenvalue weighted by Crippen LogP contribution is -2.54. The summed E-state index contributed by atoms with van der Waals surface area (Å²) in [6.07, 6.45) is 1.29. The second-order valence-electron chi connectivity index (χ2n) is 5.93. The Morgan fingerprint density at radius 2 is 1.87 bits per heavy atom. The van der Waals surface area contributed by atoms with Crippen molar-refractivity contribution in [3.05, 3.63) is 62.1 Å². The number of anilines is 1. The maximum absolute atomic E-state index is 12.9. The van der Waals surface area contributed by atoms with Crippen LogP contribution in [0.2, 0.25) is 10.0 Å². The highest BCUT2D eigenvalue weighted by molar-refractivity contribution is 9.10. The van der Waals surface area contributed by atoms with E-state index in [-0.39, 0.29) is 27.1 Å². The molecule has 0 bridgehead atoms. The number of aliphatic carboxylic acids is 1. The number of hydrogen-bond donors (Lipinski definition) is 2. The third-order valence-corrected chi connectivity index (χ3v) is 5.24. The minimum absolute atomic E-state index is 0.137. The van der Waals surface area contributed by atoms with E-state index in [1.165, 1.54) is 42.5 Å². The predicted octanol–water partition coefficient (Wildman–Crippen LogP) is 3.89. The first-order valence-electron chi connectivity index (χ1n) is 8.18. The minimum atomic E-state index is -1.13. The van der Waals surface area contributed by atoms with E-state index in [9.17, 15) is 19.2 Å². The lowest BCUT2D eigenvalue weighted by molar-refractivity contribution is -0.139. The quantitative estimate of drug-likeness (QED) is 0.463. The lowest BCUT2D eigenvalue weighted by atomic mass is 10.1. The summed E-state index contributed by atoms with van der Waals surface area (Å²) in [4.78, 5) is 48.8. The average molecular weight is 514 g/mol. The number of barbiturate groups is 1. The molecule has 1 fully saturated rings. The Hall–Kier alpha value is -2.88. The minimum Gasteiger partial charge on any atom is -0.481 e. The van der Waals surface area contributed by atoms with Crippen molar-refractivity contribution in [2.45, 2.75) is 0 Å². The summed E-state index contributed by atoms with van der Waals surface area (Å²) in [5, 5.41) is 11.2. The summed E-state index contributed by atoms with van der Waals surface area (Å²) in [6, 6.07) is 7.79. The highest BCUT2D eigenvalue weighted by Crippen LogP contribution is 2.30. The van der Waals surface area contributed by atoms with Gasteiger partial charge in [0, 0.05) is 0 Å². The van der Waals surface area contributed by atoms with Crippen LogP contribution in [0.25, 0.3) is 6.08 Å². The van der Waals surface area contributed by atoms with Crippen molar-refractivity contribution >= 4 is 74.7 Å². The Bertz CT molecular complexity index is 1120. The molecule has 0 radical (unpaired) electrons. The Morgan fingerprint density at radius 3 is 2.50 bits per heavy atom. The number of nitrogens with one attached hydrogen (secondary N) is 1. The summed E-state index contributed by atoms with van der Waals surface area (Å²) >= 11 is 15.1. The highest BCUT2D eigenvalue weighted by atomic mass is 79.9. The van der Waals surface area contributed by atoms with Gasteiger partial charge in [0.1, 0.15) is 11.3 Å². The molecule has 0 aromatic heterocycles. The Balaban J connectivity index is 1.93. The smallest absolute Gasteiger partial charge is 0.341 e. The number of carboxylic acids is 1. The molecule has 8 nitrogen and oxygen atoms in total. The fraction of sp³-hybridized carbons (Fsp3) is 0.0526. The maximum atomic E-state index is 12.9. The van der Waals surface area contributed by atoms with Gasteiger partial charge in [0.15, 0.2) is 6.61 Å². The monoisotopic (exact) mass is 512 g/mol. The first-order chi connectivity index (χ1) is 14.2. The van der Waals surface area contributed by atoms with Gasteiger partial charge in [0.05, 0.1) is 20.2 Å². The van der Waals surface area contributed by atoms with Crippen LogP contribution in [0.15, 0.2) is 46.4 Å². The van der Waals surface area contributed by atoms with E-state index in [0.717, 1.165) is 4.90 Å². The number of hydrogen-bond acceptors (Lipinski definition) is 5. The normalized spacial score (nSPS) is 15.4. The SMILES string of the molecule is O=C(O)COc1ccc(/C=C2\C(=O)NC(=O)N(c3ccc(Cl)c(Cl)c3)C2=O)cc1Br. The first-order valence-corrected chi connectivity index (χ1v) is 9.73. The van der Waals surface area contributed by atoms with Gasteiger partial charge in [-0.1, -0.05) is 29.3 Å². The van der Waals surface area contributed by atoms with Crippen LogP contribution < -0.4 is 15.0 Å². The maximum Gasteiger partial charge on any atom is 0.341 e. The molecule has 2 N–H and O–H groups in total. The molecule has 0 aliphatic carbocycles. The molecule has 1 heterocycles. The van der Waals surface area contributed by atoms with Crippen molar-refractivity contribution in [2.24, 2.45) is 0 Å². The number of carboxylic acid groups (broad SMARTS) is 1. The second-order valence-corrected chi connectivity index (χ2v) is 7.60. The molecule has 1 saturated heterocycles. The summed E-state index contributed by atoms with van der Waals surface area (Å²) < 4.78 is 5.52. The number of urea groups is 1. The van der Waals surface area contributed by atoms with Crippen LogP contribution in [0.5, 0.6) is 5.75 Å². The first kappa shape index (κ1) is 21.8. The number of halogens is 3. The van der Waals surface area contributed by atoms with Gasteiger partial charge in [0.25, 0.3) is 11.8 Å². The summed E-state index contributed by atoms with van der Waals surface area (Å²) in [5.41, 5.74) is 0.294. The van der Waals surface area contributed by atoms with Crippen molar-refractivity contribution in [1.82, 2.24) is 5.32 Å². The van der Waals surface area contributed by atoms with Crippen LogP contribution >= 0.6 is 39.1 Å². The van der Waals surface area contributed by atoms with Gasteiger partial charge < -0.3 is 9.84 Å². The van der Waals surface area contributed by atoms with E-state index in [4.69, 9.17) is 33.0 Å². The van der Waals surface area contributed by atoms with Crippen molar-refractivity contribution in [3.8, 4) is 5.75 Å². The predicted molar refractivity (Wildman–Crippen MR) is 113 cm³/mol. The van der Waals surface area contributed by atoms with E-state index in [0.29, 0.717) is 10.0 Å². The molecule has 4 amide bonds. The molecule has 154 valence electrons. The van der Waals surface area contributed by atoms with Gasteiger partial charge >= 0.3 is 12.0 Å². The molecule has 0 spiro atoms. The molecular formula is C19H11BrCl2N2O6. The zero-order valence-corrected chi connectivity index (χ0v) is 17.9. The van der Waals surface area contributed by atoms with E-state index in [1.54, 1.807) is 0 Å². The summed E-state index contributed by atoms with van der Waals surface area (Å²) in [5.74, 6) is -2.57.